The van der Waals surface area contributed by atoms with Gasteiger partial charge in [-0.15, -0.1) is 0 Å². The summed E-state index contributed by atoms with van der Waals surface area (Å²) in [4.78, 5) is 4.75. The first-order chi connectivity index (χ1) is 26.3. The largest absolute Gasteiger partial charge is 0.256 e. The van der Waals surface area contributed by atoms with Crippen LogP contribution < -0.4 is 0 Å². The second-order valence-corrected chi connectivity index (χ2v) is 14.2. The molecule has 10 aromatic rings. The number of benzene rings is 9. The van der Waals surface area contributed by atoms with Gasteiger partial charge in [0.05, 0.1) is 5.52 Å². The third kappa shape index (κ3) is 4.75. The summed E-state index contributed by atoms with van der Waals surface area (Å²) in [5.74, 6) is 0. The Morgan fingerprint density at radius 3 is 1.74 bits per heavy atom. The normalized spacial score (nSPS) is 13.2. The molecule has 1 heteroatoms. The second kappa shape index (κ2) is 11.9. The Morgan fingerprint density at radius 2 is 0.981 bits per heavy atom. The van der Waals surface area contributed by atoms with Gasteiger partial charge in [0.15, 0.2) is 0 Å². The first-order valence-corrected chi connectivity index (χ1v) is 18.4. The highest BCUT2D eigenvalue weighted by atomic mass is 14.6. The molecule has 53 heavy (non-hydrogen) atoms. The molecule has 0 amide bonds. The van der Waals surface area contributed by atoms with Crippen molar-refractivity contribution in [3.8, 4) is 33.4 Å². The molecule has 0 N–H and O–H groups in total. The zero-order chi connectivity index (χ0) is 34.9. The lowest BCUT2D eigenvalue weighted by Gasteiger charge is -2.26. The van der Waals surface area contributed by atoms with Crippen LogP contribution in [0.5, 0.6) is 0 Å². The molecule has 0 spiro atoms. The molecule has 0 aliphatic heterocycles. The van der Waals surface area contributed by atoms with E-state index in [1.165, 1.54) is 98.7 Å². The molecule has 0 saturated carbocycles. The van der Waals surface area contributed by atoms with Crippen molar-refractivity contribution in [3.63, 3.8) is 0 Å². The minimum absolute atomic E-state index is 0.903. The highest BCUT2D eigenvalue weighted by Gasteiger charge is 2.25. The van der Waals surface area contributed by atoms with Crippen LogP contribution in [-0.4, -0.2) is 4.98 Å². The number of aromatic nitrogens is 1. The van der Waals surface area contributed by atoms with Crippen LogP contribution in [0, 0.1) is 0 Å². The maximum Gasteiger partial charge on any atom is 0.0780 e. The number of rotatable bonds is 3. The van der Waals surface area contributed by atoms with Crippen molar-refractivity contribution in [2.24, 2.45) is 0 Å². The number of nitrogens with zero attached hydrogens (tertiary/aromatic N) is 1. The van der Waals surface area contributed by atoms with Crippen molar-refractivity contribution < 1.29 is 0 Å². The van der Waals surface area contributed by atoms with Crippen LogP contribution in [0.25, 0.3) is 99.0 Å². The molecule has 246 valence electrons. The Morgan fingerprint density at radius 1 is 0.396 bits per heavy atom. The summed E-state index contributed by atoms with van der Waals surface area (Å²) < 4.78 is 0. The van der Waals surface area contributed by atoms with Gasteiger partial charge in [-0.1, -0.05) is 170 Å². The number of hydrogen-bond donors (Lipinski definition) is 0. The number of allylic oxidation sites excluding steroid dienone is 1. The molecule has 1 aromatic heterocycles. The topological polar surface area (TPSA) is 12.9 Å². The molecule has 0 saturated heterocycles. The van der Waals surface area contributed by atoms with E-state index < -0.39 is 0 Å². The van der Waals surface area contributed by atoms with Crippen molar-refractivity contribution in [1.82, 2.24) is 4.98 Å². The van der Waals surface area contributed by atoms with Gasteiger partial charge in [-0.05, 0) is 112 Å². The summed E-state index contributed by atoms with van der Waals surface area (Å²) in [6.45, 7) is 0. The molecular formula is C52H33N. The quantitative estimate of drug-likeness (QED) is 0.170. The fourth-order valence-corrected chi connectivity index (χ4v) is 8.88. The van der Waals surface area contributed by atoms with Gasteiger partial charge in [-0.3, -0.25) is 4.98 Å². The van der Waals surface area contributed by atoms with Crippen LogP contribution >= 0.6 is 0 Å². The zero-order valence-electron chi connectivity index (χ0n) is 29.1. The predicted octanol–water partition coefficient (Wildman–Crippen LogP) is 13.9. The Bertz CT molecular complexity index is 3130. The van der Waals surface area contributed by atoms with E-state index in [4.69, 9.17) is 4.98 Å². The van der Waals surface area contributed by atoms with E-state index in [0.717, 1.165) is 17.3 Å². The van der Waals surface area contributed by atoms with Gasteiger partial charge in [0.2, 0.25) is 0 Å². The first-order valence-electron chi connectivity index (χ1n) is 18.4. The van der Waals surface area contributed by atoms with Crippen molar-refractivity contribution in [2.45, 2.75) is 6.42 Å². The molecule has 0 atom stereocenters. The number of pyridine rings is 1. The van der Waals surface area contributed by atoms with Crippen LogP contribution in [0.1, 0.15) is 16.7 Å². The Hall–Kier alpha value is -6.83. The summed E-state index contributed by atoms with van der Waals surface area (Å²) in [5.41, 5.74) is 14.0. The fraction of sp³-hybridized carbons (Fsp3) is 0.0192. The smallest absolute Gasteiger partial charge is 0.0780 e. The maximum atomic E-state index is 4.75. The third-order valence-corrected chi connectivity index (χ3v) is 11.3. The molecule has 9 aromatic carbocycles. The average molecular weight is 672 g/mol. The lowest BCUT2D eigenvalue weighted by molar-refractivity contribution is 1.27. The van der Waals surface area contributed by atoms with E-state index in [0.29, 0.717) is 0 Å². The van der Waals surface area contributed by atoms with Crippen LogP contribution in [0.15, 0.2) is 182 Å². The summed E-state index contributed by atoms with van der Waals surface area (Å²) >= 11 is 0. The van der Waals surface area contributed by atoms with Crippen molar-refractivity contribution >= 4 is 65.6 Å². The molecule has 0 radical (unpaired) electrons. The van der Waals surface area contributed by atoms with Gasteiger partial charge in [0.25, 0.3) is 0 Å². The van der Waals surface area contributed by atoms with Gasteiger partial charge in [-0.25, -0.2) is 0 Å². The molecule has 1 aliphatic rings. The van der Waals surface area contributed by atoms with Crippen molar-refractivity contribution in [1.29, 1.82) is 0 Å². The SMILES string of the molecule is C(=C1Cc2ccccc2-c2c1c1ccccc1c1ccccc21)c1ccc(-c2ccc(-c3ccc4ccc5cccnc5c4c3)c3ccccc23)cc1. The third-order valence-electron chi connectivity index (χ3n) is 11.3. The first kappa shape index (κ1) is 29.9. The molecule has 11 rings (SSSR count). The van der Waals surface area contributed by atoms with Crippen molar-refractivity contribution in [2.75, 3.05) is 0 Å². The minimum Gasteiger partial charge on any atom is -0.256 e. The summed E-state index contributed by atoms with van der Waals surface area (Å²) in [6, 6.07) is 64.6. The summed E-state index contributed by atoms with van der Waals surface area (Å²) in [7, 11) is 0. The van der Waals surface area contributed by atoms with Crippen molar-refractivity contribution in [3.05, 3.63) is 199 Å². The molecule has 0 fully saturated rings. The second-order valence-electron chi connectivity index (χ2n) is 14.2. The lowest BCUT2D eigenvalue weighted by Crippen LogP contribution is -2.05. The Balaban J connectivity index is 1.02. The van der Waals surface area contributed by atoms with Crippen LogP contribution in [0.4, 0.5) is 0 Å². The molecule has 0 unspecified atom stereocenters. The monoisotopic (exact) mass is 671 g/mol. The maximum absolute atomic E-state index is 4.75. The van der Waals surface area contributed by atoms with E-state index in [9.17, 15) is 0 Å². The molecular weight excluding hydrogens is 639 g/mol. The van der Waals surface area contributed by atoms with Gasteiger partial charge < -0.3 is 0 Å². The predicted molar refractivity (Wildman–Crippen MR) is 226 cm³/mol. The van der Waals surface area contributed by atoms with Gasteiger partial charge in [0, 0.05) is 17.0 Å². The summed E-state index contributed by atoms with van der Waals surface area (Å²) in [6.07, 6.45) is 5.20. The van der Waals surface area contributed by atoms with Crippen LogP contribution in [0.3, 0.4) is 0 Å². The molecule has 1 heterocycles. The minimum atomic E-state index is 0.903. The van der Waals surface area contributed by atoms with E-state index in [1.54, 1.807) is 0 Å². The van der Waals surface area contributed by atoms with E-state index in [2.05, 4.69) is 176 Å². The fourth-order valence-electron chi connectivity index (χ4n) is 8.88. The number of fused-ring (bicyclic) bond motifs is 12. The standard InChI is InChI=1S/C52H33N/c1-2-12-42-37(10-1)31-39(50-47-17-7-5-15-45(47)46-16-6-8-18-48(46)51(42)50)30-33-19-21-34(22-20-33)40-27-28-41(44-14-4-3-13-43(40)44)38-26-24-35-23-25-36-11-9-29-53-52(36)49(35)32-38/h1-30,32H,31H2. The van der Waals surface area contributed by atoms with Crippen LogP contribution in [0.2, 0.25) is 0 Å². The average Bonchev–Trinajstić information content (AvgIpc) is 3.23. The molecule has 1 aliphatic carbocycles. The highest BCUT2D eigenvalue weighted by molar-refractivity contribution is 6.21. The van der Waals surface area contributed by atoms with Gasteiger partial charge in [0.1, 0.15) is 0 Å². The number of hydrogen-bond acceptors (Lipinski definition) is 1. The molecule has 1 nitrogen and oxygen atoms in total. The van der Waals surface area contributed by atoms with E-state index >= 15 is 0 Å². The Kier molecular flexibility index (Phi) is 6.69. The molecule has 0 bridgehead atoms. The highest BCUT2D eigenvalue weighted by Crippen LogP contribution is 2.48. The van der Waals surface area contributed by atoms with Crippen LogP contribution in [-0.2, 0) is 6.42 Å². The van der Waals surface area contributed by atoms with Gasteiger partial charge >= 0.3 is 0 Å². The van der Waals surface area contributed by atoms with E-state index in [-0.39, 0.29) is 0 Å². The zero-order valence-corrected chi connectivity index (χ0v) is 29.1. The lowest BCUT2D eigenvalue weighted by atomic mass is 9.77. The summed E-state index contributed by atoms with van der Waals surface area (Å²) in [5, 5.41) is 11.3. The Labute approximate surface area is 308 Å². The van der Waals surface area contributed by atoms with E-state index in [1.807, 2.05) is 12.3 Å². The van der Waals surface area contributed by atoms with Gasteiger partial charge in [-0.2, -0.15) is 0 Å².